The van der Waals surface area contributed by atoms with E-state index in [9.17, 15) is 14.7 Å². The van der Waals surface area contributed by atoms with Crippen molar-refractivity contribution in [3.8, 4) is 5.88 Å². The Morgan fingerprint density at radius 2 is 2.19 bits per heavy atom. The highest BCUT2D eigenvalue weighted by Gasteiger charge is 2.42. The number of hydrogen-bond acceptors (Lipinski definition) is 3. The molecule has 0 unspecified atom stereocenters. The Morgan fingerprint density at radius 3 is 2.69 bits per heavy atom. The van der Waals surface area contributed by atoms with E-state index in [1.807, 2.05) is 0 Å². The maximum absolute atomic E-state index is 11.5. The van der Waals surface area contributed by atoms with Crippen molar-refractivity contribution < 1.29 is 5.11 Å². The molecule has 0 bridgehead atoms. The van der Waals surface area contributed by atoms with Crippen LogP contribution in [-0.4, -0.2) is 14.7 Å². The second kappa shape index (κ2) is 3.81. The van der Waals surface area contributed by atoms with Gasteiger partial charge in [0, 0.05) is 6.54 Å². The molecule has 0 radical (unpaired) electrons. The average Bonchev–Trinajstić information content (AvgIpc) is 2.93. The first-order chi connectivity index (χ1) is 7.56. The number of nitrogens with one attached hydrogen (secondary N) is 1. The van der Waals surface area contributed by atoms with Crippen LogP contribution in [0.1, 0.15) is 32.6 Å². The van der Waals surface area contributed by atoms with Crippen LogP contribution < -0.4 is 11.2 Å². The van der Waals surface area contributed by atoms with Crippen molar-refractivity contribution in [1.82, 2.24) is 9.55 Å². The zero-order chi connectivity index (χ0) is 11.8. The van der Waals surface area contributed by atoms with Crippen molar-refractivity contribution in [3.63, 3.8) is 0 Å². The molecule has 1 fully saturated rings. The number of aromatic nitrogens is 2. The van der Waals surface area contributed by atoms with Crippen LogP contribution >= 0.6 is 0 Å². The van der Waals surface area contributed by atoms with Gasteiger partial charge in [0.25, 0.3) is 5.56 Å². The third-order valence-electron chi connectivity index (χ3n) is 3.24. The molecule has 0 aliphatic heterocycles. The summed E-state index contributed by atoms with van der Waals surface area (Å²) in [4.78, 5) is 24.6. The minimum atomic E-state index is -0.556. The second-order valence-electron chi connectivity index (χ2n) is 4.63. The molecule has 0 amide bonds. The summed E-state index contributed by atoms with van der Waals surface area (Å²) < 4.78 is 1.25. The van der Waals surface area contributed by atoms with Gasteiger partial charge in [-0.2, -0.15) is 0 Å². The molecule has 88 valence electrons. The minimum absolute atomic E-state index is 0.161. The molecule has 5 nitrogen and oxygen atoms in total. The maximum atomic E-state index is 11.5. The number of rotatable bonds is 4. The predicted octanol–water partition coefficient (Wildman–Crippen LogP) is 0.823. The first-order valence-corrected chi connectivity index (χ1v) is 5.59. The lowest BCUT2D eigenvalue weighted by molar-refractivity contribution is 0.330. The topological polar surface area (TPSA) is 75.1 Å². The summed E-state index contributed by atoms with van der Waals surface area (Å²) in [6.07, 6.45) is 4.30. The van der Waals surface area contributed by atoms with Crippen molar-refractivity contribution >= 4 is 0 Å². The van der Waals surface area contributed by atoms with Crippen LogP contribution in [0, 0.1) is 5.41 Å². The fraction of sp³-hybridized carbons (Fsp3) is 0.636. The van der Waals surface area contributed by atoms with Crippen LogP contribution in [0.25, 0.3) is 0 Å². The van der Waals surface area contributed by atoms with E-state index in [4.69, 9.17) is 0 Å². The van der Waals surface area contributed by atoms with Gasteiger partial charge in [-0.25, -0.2) is 4.79 Å². The summed E-state index contributed by atoms with van der Waals surface area (Å²) in [6.45, 7) is 2.61. The Kier molecular flexibility index (Phi) is 2.61. The van der Waals surface area contributed by atoms with Gasteiger partial charge in [-0.15, -0.1) is 0 Å². The molecule has 1 saturated carbocycles. The van der Waals surface area contributed by atoms with E-state index < -0.39 is 11.2 Å². The highest BCUT2D eigenvalue weighted by molar-refractivity contribution is 5.08. The van der Waals surface area contributed by atoms with Gasteiger partial charge in [0.15, 0.2) is 0 Å². The molecular weight excluding hydrogens is 208 g/mol. The summed E-state index contributed by atoms with van der Waals surface area (Å²) in [5.41, 5.74) is -0.916. The Bertz CT molecular complexity index is 497. The van der Waals surface area contributed by atoms with Crippen LogP contribution in [0.15, 0.2) is 15.7 Å². The molecule has 1 heterocycles. The highest BCUT2D eigenvalue weighted by atomic mass is 16.3. The molecule has 2 rings (SSSR count). The number of nitrogens with zero attached hydrogens (tertiary/aromatic N) is 1. The molecule has 1 aliphatic carbocycles. The molecule has 1 aromatic rings. The smallest absolute Gasteiger partial charge is 0.331 e. The van der Waals surface area contributed by atoms with E-state index in [0.29, 0.717) is 6.54 Å². The van der Waals surface area contributed by atoms with E-state index in [2.05, 4.69) is 11.9 Å². The number of aromatic hydroxyl groups is 1. The fourth-order valence-corrected chi connectivity index (χ4v) is 2.19. The third kappa shape index (κ3) is 2.03. The Morgan fingerprint density at radius 1 is 1.50 bits per heavy atom. The number of hydrogen-bond donors (Lipinski definition) is 2. The molecule has 0 spiro atoms. The SMILES string of the molecule is CCCC1(Cn2c(O)cc(=O)[nH]c2=O)CC1. The summed E-state index contributed by atoms with van der Waals surface area (Å²) in [7, 11) is 0. The van der Waals surface area contributed by atoms with Crippen LogP contribution in [-0.2, 0) is 6.54 Å². The molecule has 1 aliphatic rings. The first-order valence-electron chi connectivity index (χ1n) is 5.59. The summed E-state index contributed by atoms with van der Waals surface area (Å²) in [5.74, 6) is -0.240. The van der Waals surface area contributed by atoms with Crippen LogP contribution in [0.4, 0.5) is 0 Å². The largest absolute Gasteiger partial charge is 0.494 e. The molecule has 1 aromatic heterocycles. The lowest BCUT2D eigenvalue weighted by Gasteiger charge is -2.16. The molecular formula is C11H16N2O3. The summed E-state index contributed by atoms with van der Waals surface area (Å²) in [5, 5.41) is 9.57. The number of aromatic amines is 1. The minimum Gasteiger partial charge on any atom is -0.494 e. The molecule has 2 N–H and O–H groups in total. The Labute approximate surface area is 92.7 Å². The maximum Gasteiger partial charge on any atom is 0.331 e. The van der Waals surface area contributed by atoms with Crippen molar-refractivity contribution in [2.24, 2.45) is 5.41 Å². The van der Waals surface area contributed by atoms with Crippen LogP contribution in [0.5, 0.6) is 5.88 Å². The Balaban J connectivity index is 2.29. The van der Waals surface area contributed by atoms with Crippen molar-refractivity contribution in [1.29, 1.82) is 0 Å². The standard InChI is InChI=1S/C11H16N2O3/c1-2-3-11(4-5-11)7-13-9(15)6-8(14)12-10(13)16/h6,15H,2-5,7H2,1H3,(H,12,14,16). The van der Waals surface area contributed by atoms with Gasteiger partial charge in [-0.05, 0) is 24.7 Å². The average molecular weight is 224 g/mol. The zero-order valence-electron chi connectivity index (χ0n) is 9.32. The van der Waals surface area contributed by atoms with E-state index in [-0.39, 0.29) is 11.3 Å². The first kappa shape index (κ1) is 11.0. The van der Waals surface area contributed by atoms with Gasteiger partial charge in [0.05, 0.1) is 6.07 Å². The monoisotopic (exact) mass is 224 g/mol. The van der Waals surface area contributed by atoms with Gasteiger partial charge in [-0.1, -0.05) is 13.3 Å². The van der Waals surface area contributed by atoms with Crippen molar-refractivity contribution in [2.45, 2.75) is 39.2 Å². The van der Waals surface area contributed by atoms with Gasteiger partial charge in [0.1, 0.15) is 0 Å². The molecule has 5 heteroatoms. The number of H-pyrrole nitrogens is 1. The van der Waals surface area contributed by atoms with Crippen molar-refractivity contribution in [2.75, 3.05) is 0 Å². The lowest BCUT2D eigenvalue weighted by Crippen LogP contribution is -2.31. The summed E-state index contributed by atoms with van der Waals surface area (Å²) in [6, 6.07) is 1.05. The van der Waals surface area contributed by atoms with E-state index in [1.54, 1.807) is 0 Å². The van der Waals surface area contributed by atoms with E-state index in [0.717, 1.165) is 31.7 Å². The molecule has 0 atom stereocenters. The van der Waals surface area contributed by atoms with Gasteiger partial charge < -0.3 is 5.11 Å². The third-order valence-corrected chi connectivity index (χ3v) is 3.24. The molecule has 16 heavy (non-hydrogen) atoms. The van der Waals surface area contributed by atoms with E-state index >= 15 is 0 Å². The predicted molar refractivity (Wildman–Crippen MR) is 59.6 cm³/mol. The fourth-order valence-electron chi connectivity index (χ4n) is 2.19. The van der Waals surface area contributed by atoms with Crippen LogP contribution in [0.2, 0.25) is 0 Å². The van der Waals surface area contributed by atoms with Gasteiger partial charge in [-0.3, -0.25) is 14.3 Å². The highest BCUT2D eigenvalue weighted by Crippen LogP contribution is 2.51. The lowest BCUT2D eigenvalue weighted by atomic mass is 10.0. The molecule has 0 aromatic carbocycles. The summed E-state index contributed by atoms with van der Waals surface area (Å²) >= 11 is 0. The van der Waals surface area contributed by atoms with Gasteiger partial charge >= 0.3 is 5.69 Å². The van der Waals surface area contributed by atoms with Crippen LogP contribution in [0.3, 0.4) is 0 Å². The van der Waals surface area contributed by atoms with E-state index in [1.165, 1.54) is 4.57 Å². The normalized spacial score (nSPS) is 17.3. The molecule has 0 saturated heterocycles. The van der Waals surface area contributed by atoms with Crippen molar-refractivity contribution in [3.05, 3.63) is 26.9 Å². The van der Waals surface area contributed by atoms with Gasteiger partial charge in [0.2, 0.25) is 5.88 Å². The second-order valence-corrected chi connectivity index (χ2v) is 4.63. The quantitative estimate of drug-likeness (QED) is 0.795. The zero-order valence-corrected chi connectivity index (χ0v) is 9.32. The Hall–Kier alpha value is -1.52.